The largest absolute Gasteiger partial charge is 0.436 e. The third kappa shape index (κ3) is 2.56. The van der Waals surface area contributed by atoms with Crippen LogP contribution < -0.4 is 16.0 Å². The third-order valence-corrected chi connectivity index (χ3v) is 1.87. The molecule has 0 unspecified atom stereocenters. The standard InChI is InChI=1S/C9H8ClN5O/c10-6-1-7(3-12-2-6)16-9-5-13-4-8(14-9)15-11/h1-5H,11H2,(H,14,15). The van der Waals surface area contributed by atoms with Crippen molar-refractivity contribution < 1.29 is 4.74 Å². The first-order valence-corrected chi connectivity index (χ1v) is 4.73. The summed E-state index contributed by atoms with van der Waals surface area (Å²) >= 11 is 5.76. The van der Waals surface area contributed by atoms with Crippen LogP contribution in [-0.2, 0) is 0 Å². The predicted molar refractivity (Wildman–Crippen MR) is 59.2 cm³/mol. The molecule has 0 aliphatic carbocycles. The molecule has 2 heterocycles. The van der Waals surface area contributed by atoms with Gasteiger partial charge in [-0.3, -0.25) is 9.97 Å². The van der Waals surface area contributed by atoms with Crippen LogP contribution in [0.3, 0.4) is 0 Å². The van der Waals surface area contributed by atoms with Gasteiger partial charge in [0.1, 0.15) is 5.75 Å². The topological polar surface area (TPSA) is 86.0 Å². The summed E-state index contributed by atoms with van der Waals surface area (Å²) in [6.07, 6.45) is 5.97. The van der Waals surface area contributed by atoms with Crippen LogP contribution in [0.2, 0.25) is 5.02 Å². The van der Waals surface area contributed by atoms with Crippen molar-refractivity contribution >= 4 is 17.4 Å². The second-order valence-corrected chi connectivity index (χ2v) is 3.26. The SMILES string of the molecule is NNc1cncc(Oc2cncc(Cl)c2)n1. The fourth-order valence-electron chi connectivity index (χ4n) is 1.04. The monoisotopic (exact) mass is 237 g/mol. The van der Waals surface area contributed by atoms with Crippen molar-refractivity contribution in [3.63, 3.8) is 0 Å². The number of nitrogens with one attached hydrogen (secondary N) is 1. The Morgan fingerprint density at radius 3 is 2.75 bits per heavy atom. The van der Waals surface area contributed by atoms with Gasteiger partial charge < -0.3 is 10.2 Å². The Morgan fingerprint density at radius 1 is 1.19 bits per heavy atom. The summed E-state index contributed by atoms with van der Waals surface area (Å²) in [5.41, 5.74) is 2.37. The molecule has 0 amide bonds. The van der Waals surface area contributed by atoms with Gasteiger partial charge in [0.15, 0.2) is 5.82 Å². The van der Waals surface area contributed by atoms with E-state index in [4.69, 9.17) is 22.2 Å². The Bertz CT molecular complexity index is 493. The van der Waals surface area contributed by atoms with Gasteiger partial charge in [-0.1, -0.05) is 11.6 Å². The van der Waals surface area contributed by atoms with Gasteiger partial charge in [-0.2, -0.15) is 4.98 Å². The number of nitrogen functional groups attached to an aromatic ring is 1. The number of ether oxygens (including phenoxy) is 1. The summed E-state index contributed by atoms with van der Waals surface area (Å²) < 4.78 is 5.39. The Labute approximate surface area is 96.4 Å². The van der Waals surface area contributed by atoms with E-state index in [-0.39, 0.29) is 0 Å². The zero-order chi connectivity index (χ0) is 11.4. The van der Waals surface area contributed by atoms with Crippen molar-refractivity contribution in [1.29, 1.82) is 0 Å². The van der Waals surface area contributed by atoms with Gasteiger partial charge in [0.2, 0.25) is 5.88 Å². The minimum absolute atomic E-state index is 0.305. The van der Waals surface area contributed by atoms with E-state index in [9.17, 15) is 0 Å². The van der Waals surface area contributed by atoms with Gasteiger partial charge in [-0.25, -0.2) is 5.84 Å². The Kier molecular flexibility index (Phi) is 3.13. The number of anilines is 1. The van der Waals surface area contributed by atoms with Gasteiger partial charge in [-0.15, -0.1) is 0 Å². The normalized spacial score (nSPS) is 9.88. The number of rotatable bonds is 3. The van der Waals surface area contributed by atoms with E-state index < -0.39 is 0 Å². The molecule has 2 aromatic rings. The fourth-order valence-corrected chi connectivity index (χ4v) is 1.20. The molecule has 0 saturated carbocycles. The Balaban J connectivity index is 2.20. The predicted octanol–water partition coefficient (Wildman–Crippen LogP) is 1.60. The highest BCUT2D eigenvalue weighted by Crippen LogP contribution is 2.21. The third-order valence-electron chi connectivity index (χ3n) is 1.66. The molecule has 0 atom stereocenters. The highest BCUT2D eigenvalue weighted by molar-refractivity contribution is 6.30. The van der Waals surface area contributed by atoms with Crippen LogP contribution in [0.4, 0.5) is 5.82 Å². The van der Waals surface area contributed by atoms with E-state index in [0.29, 0.717) is 22.5 Å². The molecule has 0 radical (unpaired) electrons. The van der Waals surface area contributed by atoms with Crippen LogP contribution in [0, 0.1) is 0 Å². The first-order valence-electron chi connectivity index (χ1n) is 4.35. The molecule has 0 spiro atoms. The lowest BCUT2D eigenvalue weighted by Gasteiger charge is -2.05. The number of pyridine rings is 1. The van der Waals surface area contributed by atoms with Crippen molar-refractivity contribution in [3.05, 3.63) is 35.9 Å². The Morgan fingerprint density at radius 2 is 2.00 bits per heavy atom. The summed E-state index contributed by atoms with van der Waals surface area (Å²) in [6, 6.07) is 1.62. The molecule has 0 aromatic carbocycles. The van der Waals surface area contributed by atoms with Crippen LogP contribution >= 0.6 is 11.6 Å². The number of hydrazine groups is 1. The van der Waals surface area contributed by atoms with Crippen LogP contribution in [-0.4, -0.2) is 15.0 Å². The van der Waals surface area contributed by atoms with Crippen LogP contribution in [0.5, 0.6) is 11.6 Å². The lowest BCUT2D eigenvalue weighted by molar-refractivity contribution is 0.459. The van der Waals surface area contributed by atoms with Crippen LogP contribution in [0.1, 0.15) is 0 Å². The molecule has 0 fully saturated rings. The second-order valence-electron chi connectivity index (χ2n) is 2.83. The van der Waals surface area contributed by atoms with Gasteiger partial charge in [-0.05, 0) is 0 Å². The molecule has 0 aliphatic heterocycles. The summed E-state index contributed by atoms with van der Waals surface area (Å²) in [7, 11) is 0. The number of nitrogens with two attached hydrogens (primary N) is 1. The first-order chi connectivity index (χ1) is 7.78. The lowest BCUT2D eigenvalue weighted by Crippen LogP contribution is -2.09. The molecule has 16 heavy (non-hydrogen) atoms. The number of halogens is 1. The molecule has 0 aliphatic rings. The second kappa shape index (κ2) is 4.73. The van der Waals surface area contributed by atoms with Gasteiger partial charge in [0, 0.05) is 12.3 Å². The van der Waals surface area contributed by atoms with E-state index in [1.54, 1.807) is 6.07 Å². The highest BCUT2D eigenvalue weighted by atomic mass is 35.5. The van der Waals surface area contributed by atoms with E-state index in [2.05, 4.69) is 20.4 Å². The van der Waals surface area contributed by atoms with E-state index in [1.807, 2.05) is 0 Å². The maximum Gasteiger partial charge on any atom is 0.239 e. The van der Waals surface area contributed by atoms with Crippen molar-refractivity contribution in [3.8, 4) is 11.6 Å². The summed E-state index contributed by atoms with van der Waals surface area (Å²) in [6.45, 7) is 0. The quantitative estimate of drug-likeness (QED) is 0.623. The zero-order valence-corrected chi connectivity index (χ0v) is 8.85. The lowest BCUT2D eigenvalue weighted by atomic mass is 10.4. The number of hydrogen-bond acceptors (Lipinski definition) is 6. The van der Waals surface area contributed by atoms with Crippen molar-refractivity contribution in [1.82, 2.24) is 15.0 Å². The molecular formula is C9H8ClN5O. The molecule has 0 bridgehead atoms. The molecule has 6 nitrogen and oxygen atoms in total. The van der Waals surface area contributed by atoms with Gasteiger partial charge in [0.25, 0.3) is 0 Å². The number of nitrogens with zero attached hydrogens (tertiary/aromatic N) is 3. The number of aromatic nitrogens is 3. The average molecular weight is 238 g/mol. The van der Waals surface area contributed by atoms with Crippen LogP contribution in [0.15, 0.2) is 30.9 Å². The van der Waals surface area contributed by atoms with E-state index in [1.165, 1.54) is 24.8 Å². The molecular weight excluding hydrogens is 230 g/mol. The minimum Gasteiger partial charge on any atom is -0.436 e. The average Bonchev–Trinajstić information content (AvgIpc) is 2.29. The summed E-state index contributed by atoms with van der Waals surface area (Å²) in [5.74, 6) is 6.39. The number of hydrogen-bond donors (Lipinski definition) is 2. The van der Waals surface area contributed by atoms with E-state index in [0.717, 1.165) is 0 Å². The summed E-state index contributed by atoms with van der Waals surface area (Å²) in [5, 5.41) is 0.485. The van der Waals surface area contributed by atoms with Gasteiger partial charge >= 0.3 is 0 Å². The fraction of sp³-hybridized carbons (Fsp3) is 0. The molecule has 2 aromatic heterocycles. The van der Waals surface area contributed by atoms with Crippen LogP contribution in [0.25, 0.3) is 0 Å². The van der Waals surface area contributed by atoms with Crippen molar-refractivity contribution in [2.75, 3.05) is 5.43 Å². The molecule has 3 N–H and O–H groups in total. The molecule has 82 valence electrons. The Hall–Kier alpha value is -1.92. The van der Waals surface area contributed by atoms with Gasteiger partial charge in [0.05, 0.1) is 23.6 Å². The first kappa shape index (κ1) is 10.6. The maximum absolute atomic E-state index is 5.76. The summed E-state index contributed by atoms with van der Waals surface area (Å²) in [4.78, 5) is 11.8. The highest BCUT2D eigenvalue weighted by Gasteiger charge is 2.01. The maximum atomic E-state index is 5.76. The zero-order valence-electron chi connectivity index (χ0n) is 8.09. The molecule has 0 saturated heterocycles. The molecule has 2 rings (SSSR count). The van der Waals surface area contributed by atoms with Crippen molar-refractivity contribution in [2.24, 2.45) is 5.84 Å². The van der Waals surface area contributed by atoms with E-state index >= 15 is 0 Å². The minimum atomic E-state index is 0.305. The van der Waals surface area contributed by atoms with Crippen molar-refractivity contribution in [2.45, 2.75) is 0 Å². The molecule has 7 heteroatoms. The smallest absolute Gasteiger partial charge is 0.239 e.